The highest BCUT2D eigenvalue weighted by molar-refractivity contribution is 5.89. The predicted octanol–water partition coefficient (Wildman–Crippen LogP) is 2.62. The van der Waals surface area contributed by atoms with E-state index in [-0.39, 0.29) is 5.91 Å². The number of amides is 1. The number of carbonyl (C=O) groups excluding carboxylic acids is 1. The molecule has 0 spiro atoms. The molecule has 1 aromatic carbocycles. The van der Waals surface area contributed by atoms with E-state index < -0.39 is 0 Å². The zero-order valence-electron chi connectivity index (χ0n) is 10.9. The van der Waals surface area contributed by atoms with Crippen LogP contribution in [-0.2, 0) is 9.53 Å². The molecule has 0 aliphatic carbocycles. The van der Waals surface area contributed by atoms with E-state index >= 15 is 0 Å². The first kappa shape index (κ1) is 12.9. The molecule has 1 fully saturated rings. The topological polar surface area (TPSA) is 50.4 Å². The van der Waals surface area contributed by atoms with Gasteiger partial charge in [0.15, 0.2) is 0 Å². The lowest BCUT2D eigenvalue weighted by molar-refractivity contribution is -0.114. The number of anilines is 2. The van der Waals surface area contributed by atoms with Crippen molar-refractivity contribution >= 4 is 17.3 Å². The number of rotatable bonds is 4. The summed E-state index contributed by atoms with van der Waals surface area (Å²) in [6, 6.07) is 7.72. The second kappa shape index (κ2) is 5.87. The quantitative estimate of drug-likeness (QED) is 0.861. The van der Waals surface area contributed by atoms with Crippen molar-refractivity contribution < 1.29 is 9.53 Å². The molecule has 1 aliphatic heterocycles. The fraction of sp³-hybridized carbons (Fsp3) is 0.500. The van der Waals surface area contributed by atoms with Crippen molar-refractivity contribution in [2.75, 3.05) is 17.2 Å². The Hall–Kier alpha value is -1.55. The van der Waals surface area contributed by atoms with Gasteiger partial charge in [-0.2, -0.15) is 0 Å². The van der Waals surface area contributed by atoms with Crippen LogP contribution < -0.4 is 10.6 Å². The molecule has 1 aliphatic rings. The van der Waals surface area contributed by atoms with E-state index in [4.69, 9.17) is 4.74 Å². The van der Waals surface area contributed by atoms with Crippen LogP contribution in [0.5, 0.6) is 0 Å². The number of ether oxygens (including phenoxy) is 1. The summed E-state index contributed by atoms with van der Waals surface area (Å²) in [4.78, 5) is 11.0. The molecule has 0 saturated carbocycles. The van der Waals surface area contributed by atoms with Gasteiger partial charge in [0.05, 0.1) is 12.2 Å². The Morgan fingerprint density at radius 2 is 2.17 bits per heavy atom. The molecule has 0 aromatic heterocycles. The van der Waals surface area contributed by atoms with Crippen molar-refractivity contribution in [1.82, 2.24) is 0 Å². The lowest BCUT2D eigenvalue weighted by atomic mass is 10.2. The third-order valence-corrected chi connectivity index (χ3v) is 3.04. The molecule has 0 radical (unpaired) electrons. The van der Waals surface area contributed by atoms with Crippen LogP contribution in [-0.4, -0.2) is 24.7 Å². The smallest absolute Gasteiger partial charge is 0.221 e. The largest absolute Gasteiger partial charge is 0.382 e. The van der Waals surface area contributed by atoms with Gasteiger partial charge in [-0.25, -0.2) is 0 Å². The summed E-state index contributed by atoms with van der Waals surface area (Å²) in [6.07, 6.45) is 2.92. The van der Waals surface area contributed by atoms with Crippen LogP contribution in [0.2, 0.25) is 0 Å². The van der Waals surface area contributed by atoms with Crippen molar-refractivity contribution in [3.05, 3.63) is 24.3 Å². The minimum absolute atomic E-state index is 0.0555. The Morgan fingerprint density at radius 1 is 1.39 bits per heavy atom. The summed E-state index contributed by atoms with van der Waals surface area (Å²) in [5, 5.41) is 6.11. The summed E-state index contributed by atoms with van der Waals surface area (Å²) in [7, 11) is 0. The van der Waals surface area contributed by atoms with Gasteiger partial charge in [-0.1, -0.05) is 6.07 Å². The minimum Gasteiger partial charge on any atom is -0.382 e. The third-order valence-electron chi connectivity index (χ3n) is 3.04. The second-order valence-electron chi connectivity index (χ2n) is 4.79. The molecule has 4 heteroatoms. The molecule has 1 saturated heterocycles. The molecule has 2 unspecified atom stereocenters. The van der Waals surface area contributed by atoms with Crippen molar-refractivity contribution in [2.45, 2.75) is 38.9 Å². The highest BCUT2D eigenvalue weighted by Crippen LogP contribution is 2.20. The van der Waals surface area contributed by atoms with Gasteiger partial charge in [0.2, 0.25) is 5.91 Å². The first-order chi connectivity index (χ1) is 8.63. The zero-order valence-corrected chi connectivity index (χ0v) is 10.9. The molecule has 1 amide bonds. The molecule has 18 heavy (non-hydrogen) atoms. The standard InChI is InChI=1S/C14H20N2O2/c1-10-6-7-14(18-10)9-15-12-4-3-5-13(8-12)16-11(2)17/h3-5,8,10,14-15H,6-7,9H2,1-2H3,(H,16,17). The van der Waals surface area contributed by atoms with Crippen molar-refractivity contribution in [2.24, 2.45) is 0 Å². The van der Waals surface area contributed by atoms with E-state index in [9.17, 15) is 4.79 Å². The molecule has 1 aromatic rings. The highest BCUT2D eigenvalue weighted by atomic mass is 16.5. The number of nitrogens with one attached hydrogen (secondary N) is 2. The SMILES string of the molecule is CC(=O)Nc1cccc(NCC2CCC(C)O2)c1. The molecule has 98 valence electrons. The van der Waals surface area contributed by atoms with Gasteiger partial charge in [-0.15, -0.1) is 0 Å². The second-order valence-corrected chi connectivity index (χ2v) is 4.79. The summed E-state index contributed by atoms with van der Waals surface area (Å²) in [5.41, 5.74) is 1.82. The molecule has 2 N–H and O–H groups in total. The lowest BCUT2D eigenvalue weighted by Crippen LogP contribution is -2.19. The van der Waals surface area contributed by atoms with Crippen LogP contribution in [0.25, 0.3) is 0 Å². The van der Waals surface area contributed by atoms with Crippen LogP contribution in [0.4, 0.5) is 11.4 Å². The Labute approximate surface area is 108 Å². The summed E-state index contributed by atoms with van der Waals surface area (Å²) in [5.74, 6) is -0.0555. The summed E-state index contributed by atoms with van der Waals surface area (Å²) in [6.45, 7) is 4.43. The van der Waals surface area contributed by atoms with Gasteiger partial charge in [-0.05, 0) is 38.0 Å². The summed E-state index contributed by atoms with van der Waals surface area (Å²) >= 11 is 0. The molecule has 2 atom stereocenters. The van der Waals surface area contributed by atoms with Gasteiger partial charge < -0.3 is 15.4 Å². The summed E-state index contributed by atoms with van der Waals surface area (Å²) < 4.78 is 5.75. The zero-order chi connectivity index (χ0) is 13.0. The van der Waals surface area contributed by atoms with E-state index in [1.54, 1.807) is 0 Å². The van der Waals surface area contributed by atoms with Crippen molar-refractivity contribution in [3.8, 4) is 0 Å². The normalized spacial score (nSPS) is 22.8. The van der Waals surface area contributed by atoms with E-state index in [1.165, 1.54) is 6.92 Å². The first-order valence-electron chi connectivity index (χ1n) is 6.40. The molecule has 4 nitrogen and oxygen atoms in total. The average Bonchev–Trinajstić information content (AvgIpc) is 2.72. The van der Waals surface area contributed by atoms with Crippen LogP contribution in [0.3, 0.4) is 0 Å². The van der Waals surface area contributed by atoms with Crippen LogP contribution >= 0.6 is 0 Å². The number of hydrogen-bond donors (Lipinski definition) is 2. The monoisotopic (exact) mass is 248 g/mol. The van der Waals surface area contributed by atoms with Crippen LogP contribution in [0.1, 0.15) is 26.7 Å². The predicted molar refractivity (Wildman–Crippen MR) is 72.8 cm³/mol. The Kier molecular flexibility index (Phi) is 4.20. The van der Waals surface area contributed by atoms with Crippen LogP contribution in [0.15, 0.2) is 24.3 Å². The van der Waals surface area contributed by atoms with E-state index in [0.717, 1.165) is 30.8 Å². The number of hydrogen-bond acceptors (Lipinski definition) is 3. The maximum Gasteiger partial charge on any atom is 0.221 e. The minimum atomic E-state index is -0.0555. The van der Waals surface area contributed by atoms with Crippen molar-refractivity contribution in [1.29, 1.82) is 0 Å². The Morgan fingerprint density at radius 3 is 2.83 bits per heavy atom. The fourth-order valence-corrected chi connectivity index (χ4v) is 2.18. The van der Waals surface area contributed by atoms with Gasteiger partial charge in [0.25, 0.3) is 0 Å². The van der Waals surface area contributed by atoms with Gasteiger partial charge in [0, 0.05) is 24.8 Å². The van der Waals surface area contributed by atoms with Crippen molar-refractivity contribution in [3.63, 3.8) is 0 Å². The van der Waals surface area contributed by atoms with Crippen LogP contribution in [0, 0.1) is 0 Å². The lowest BCUT2D eigenvalue weighted by Gasteiger charge is -2.14. The molecular weight excluding hydrogens is 228 g/mol. The van der Waals surface area contributed by atoms with Gasteiger partial charge in [0.1, 0.15) is 0 Å². The highest BCUT2D eigenvalue weighted by Gasteiger charge is 2.21. The van der Waals surface area contributed by atoms with Gasteiger partial charge >= 0.3 is 0 Å². The Bertz CT molecular complexity index is 420. The van der Waals surface area contributed by atoms with E-state index in [2.05, 4.69) is 17.6 Å². The maximum atomic E-state index is 11.0. The Balaban J connectivity index is 1.87. The third kappa shape index (κ3) is 3.74. The van der Waals surface area contributed by atoms with E-state index in [0.29, 0.717) is 12.2 Å². The molecular formula is C14H20N2O2. The molecule has 2 rings (SSSR count). The number of benzene rings is 1. The fourth-order valence-electron chi connectivity index (χ4n) is 2.18. The molecule has 1 heterocycles. The first-order valence-corrected chi connectivity index (χ1v) is 6.40. The van der Waals surface area contributed by atoms with Gasteiger partial charge in [-0.3, -0.25) is 4.79 Å². The molecule has 0 bridgehead atoms. The van der Waals surface area contributed by atoms with E-state index in [1.807, 2.05) is 24.3 Å². The maximum absolute atomic E-state index is 11.0. The average molecular weight is 248 g/mol. The number of carbonyl (C=O) groups is 1.